The van der Waals surface area contributed by atoms with E-state index in [0.29, 0.717) is 10.9 Å². The van der Waals surface area contributed by atoms with Gasteiger partial charge in [-0.05, 0) is 54.8 Å². The number of benzene rings is 2. The van der Waals surface area contributed by atoms with E-state index in [1.54, 1.807) is 0 Å². The van der Waals surface area contributed by atoms with Crippen LogP contribution in [0.25, 0.3) is 0 Å². The van der Waals surface area contributed by atoms with E-state index < -0.39 is 13.2 Å². The smallest absolute Gasteiger partial charge is 0.264 e. The summed E-state index contributed by atoms with van der Waals surface area (Å²) >= 11 is 0. The minimum atomic E-state index is -3.52. The number of aliphatic hydroxyl groups excluding tert-OH is 1. The van der Waals surface area contributed by atoms with Gasteiger partial charge in [0.25, 0.3) is 7.37 Å². The Morgan fingerprint density at radius 2 is 1.34 bits per heavy atom. The second-order valence-corrected chi connectivity index (χ2v) is 10.6. The third-order valence-corrected chi connectivity index (χ3v) is 8.18. The molecule has 0 saturated heterocycles. The van der Waals surface area contributed by atoms with Crippen LogP contribution < -0.4 is 15.1 Å². The lowest BCUT2D eigenvalue weighted by Crippen LogP contribution is -2.22. The van der Waals surface area contributed by atoms with Crippen LogP contribution in [0.5, 0.6) is 0 Å². The molecule has 2 aromatic rings. The maximum absolute atomic E-state index is 14.2. The normalized spacial score (nSPS) is 18.1. The van der Waals surface area contributed by atoms with E-state index in [2.05, 4.69) is 0 Å². The molecule has 158 valence electrons. The first kappa shape index (κ1) is 21.9. The highest BCUT2D eigenvalue weighted by atomic mass is 31.2. The van der Waals surface area contributed by atoms with Crippen LogP contribution in [-0.2, 0) is 9.09 Å². The molecule has 6 heteroatoms. The summed E-state index contributed by atoms with van der Waals surface area (Å²) in [6.07, 6.45) is 5.07. The van der Waals surface area contributed by atoms with Gasteiger partial charge in [0.2, 0.25) is 0 Å². The first-order chi connectivity index (χ1) is 13.8. The average Bonchev–Trinajstić information content (AvgIpc) is 2.74. The van der Waals surface area contributed by atoms with Gasteiger partial charge in [0.05, 0.1) is 6.10 Å². The molecule has 0 radical (unpaired) electrons. The lowest BCUT2D eigenvalue weighted by Gasteiger charge is -2.31. The monoisotopic (exact) mass is 416 g/mol. The summed E-state index contributed by atoms with van der Waals surface area (Å²) in [6.45, 7) is 0. The Bertz CT molecular complexity index is 828. The Labute approximate surface area is 174 Å². The maximum atomic E-state index is 14.2. The molecule has 29 heavy (non-hydrogen) atoms. The first-order valence-electron chi connectivity index (χ1n) is 10.3. The molecule has 0 unspecified atom stereocenters. The third-order valence-electron chi connectivity index (χ3n) is 5.61. The molecule has 1 N–H and O–H groups in total. The Morgan fingerprint density at radius 1 is 0.862 bits per heavy atom. The van der Waals surface area contributed by atoms with Crippen molar-refractivity contribution in [3.8, 4) is 0 Å². The van der Waals surface area contributed by atoms with E-state index in [1.165, 1.54) is 6.42 Å². The minimum absolute atomic E-state index is 0.0705. The number of anilines is 2. The zero-order valence-corrected chi connectivity index (χ0v) is 18.8. The summed E-state index contributed by atoms with van der Waals surface area (Å²) in [5.41, 5.74) is 2.66. The zero-order valence-electron chi connectivity index (χ0n) is 17.9. The molecule has 0 aromatic heterocycles. The van der Waals surface area contributed by atoms with E-state index in [0.717, 1.165) is 37.1 Å². The van der Waals surface area contributed by atoms with Gasteiger partial charge in [0.1, 0.15) is 0 Å². The first-order valence-corrected chi connectivity index (χ1v) is 12.0. The van der Waals surface area contributed by atoms with Crippen LogP contribution in [0.15, 0.2) is 48.5 Å². The van der Waals surface area contributed by atoms with Gasteiger partial charge in [-0.15, -0.1) is 0 Å². The Balaban J connectivity index is 1.95. The van der Waals surface area contributed by atoms with Gasteiger partial charge in [-0.2, -0.15) is 0 Å². The summed E-state index contributed by atoms with van der Waals surface area (Å²) in [5, 5.41) is 11.8. The Morgan fingerprint density at radius 3 is 1.83 bits per heavy atom. The van der Waals surface area contributed by atoms with Crippen LogP contribution in [-0.4, -0.2) is 39.4 Å². The van der Waals surface area contributed by atoms with Crippen molar-refractivity contribution in [3.05, 3.63) is 54.1 Å². The lowest BCUT2D eigenvalue weighted by molar-refractivity contribution is 0.137. The highest BCUT2D eigenvalue weighted by Gasteiger charge is 2.39. The Kier molecular flexibility index (Phi) is 7.05. The summed E-state index contributed by atoms with van der Waals surface area (Å²) in [6, 6.07) is 15.0. The SMILES string of the molecule is CN(C)c1ccc([C@@H](O)[P@@](=O)(OC2CCCCC2)c2ccc(N(C)C)cc2)cc1. The summed E-state index contributed by atoms with van der Waals surface area (Å²) in [5.74, 6) is -1.19. The van der Waals surface area contributed by atoms with Crippen molar-refractivity contribution in [2.24, 2.45) is 0 Å². The highest BCUT2D eigenvalue weighted by Crippen LogP contribution is 2.59. The van der Waals surface area contributed by atoms with E-state index in [-0.39, 0.29) is 6.10 Å². The fourth-order valence-electron chi connectivity index (χ4n) is 3.75. The van der Waals surface area contributed by atoms with Crippen LogP contribution >= 0.6 is 7.37 Å². The van der Waals surface area contributed by atoms with Gasteiger partial charge in [-0.1, -0.05) is 31.4 Å². The maximum Gasteiger partial charge on any atom is 0.264 e. The molecule has 1 aliphatic carbocycles. The fourth-order valence-corrected chi connectivity index (χ4v) is 6.05. The zero-order chi connectivity index (χ0) is 21.0. The van der Waals surface area contributed by atoms with Crippen molar-refractivity contribution < 1.29 is 14.2 Å². The van der Waals surface area contributed by atoms with Crippen molar-refractivity contribution in [2.75, 3.05) is 38.0 Å². The van der Waals surface area contributed by atoms with Crippen molar-refractivity contribution >= 4 is 24.0 Å². The second kappa shape index (κ2) is 9.34. The number of hydrogen-bond acceptors (Lipinski definition) is 5. The molecule has 0 bridgehead atoms. The molecule has 1 fully saturated rings. The van der Waals surface area contributed by atoms with Gasteiger partial charge >= 0.3 is 0 Å². The van der Waals surface area contributed by atoms with Gasteiger partial charge in [0, 0.05) is 44.9 Å². The predicted molar refractivity (Wildman–Crippen MR) is 122 cm³/mol. The molecule has 0 heterocycles. The van der Waals surface area contributed by atoms with Crippen LogP contribution in [0.4, 0.5) is 11.4 Å². The van der Waals surface area contributed by atoms with Crippen molar-refractivity contribution in [1.29, 1.82) is 0 Å². The molecule has 1 aliphatic rings. The summed E-state index contributed by atoms with van der Waals surface area (Å²) in [7, 11) is 4.35. The molecule has 2 aromatic carbocycles. The van der Waals surface area contributed by atoms with E-state index >= 15 is 0 Å². The van der Waals surface area contributed by atoms with Gasteiger partial charge in [-0.25, -0.2) is 0 Å². The fraction of sp³-hybridized carbons (Fsp3) is 0.478. The number of hydrogen-bond donors (Lipinski definition) is 1. The van der Waals surface area contributed by atoms with Crippen LogP contribution in [0, 0.1) is 0 Å². The summed E-state index contributed by atoms with van der Waals surface area (Å²) in [4.78, 5) is 3.99. The van der Waals surface area contributed by atoms with Crippen LogP contribution in [0.3, 0.4) is 0 Å². The predicted octanol–water partition coefficient (Wildman–Crippen LogP) is 4.76. The molecule has 2 atom stereocenters. The third kappa shape index (κ3) is 5.03. The minimum Gasteiger partial charge on any atom is -0.378 e. The topological polar surface area (TPSA) is 53.0 Å². The molecule has 0 amide bonds. The number of aliphatic hydroxyl groups is 1. The average molecular weight is 417 g/mol. The van der Waals surface area contributed by atoms with Gasteiger partial charge < -0.3 is 19.4 Å². The molecule has 1 saturated carbocycles. The second-order valence-electron chi connectivity index (χ2n) is 8.23. The van der Waals surface area contributed by atoms with Crippen molar-refractivity contribution in [3.63, 3.8) is 0 Å². The summed E-state index contributed by atoms with van der Waals surface area (Å²) < 4.78 is 20.4. The molecule has 5 nitrogen and oxygen atoms in total. The molecular weight excluding hydrogens is 383 g/mol. The van der Waals surface area contributed by atoms with Crippen LogP contribution in [0.2, 0.25) is 0 Å². The number of nitrogens with zero attached hydrogens (tertiary/aromatic N) is 2. The largest absolute Gasteiger partial charge is 0.378 e. The van der Waals surface area contributed by atoms with E-state index in [4.69, 9.17) is 4.52 Å². The number of rotatable bonds is 7. The van der Waals surface area contributed by atoms with Crippen molar-refractivity contribution in [2.45, 2.75) is 44.1 Å². The lowest BCUT2D eigenvalue weighted by atomic mass is 9.98. The highest BCUT2D eigenvalue weighted by molar-refractivity contribution is 7.67. The van der Waals surface area contributed by atoms with Gasteiger partial charge in [0.15, 0.2) is 5.85 Å². The van der Waals surface area contributed by atoms with E-state index in [1.807, 2.05) is 86.5 Å². The molecular formula is C23H33N2O3P. The van der Waals surface area contributed by atoms with Gasteiger partial charge in [-0.3, -0.25) is 4.57 Å². The van der Waals surface area contributed by atoms with Crippen LogP contribution in [0.1, 0.15) is 43.5 Å². The molecule has 3 rings (SSSR count). The molecule has 0 spiro atoms. The molecule has 0 aliphatic heterocycles. The quantitative estimate of drug-likeness (QED) is 0.660. The van der Waals surface area contributed by atoms with E-state index in [9.17, 15) is 9.67 Å². The Hall–Kier alpha value is -1.81. The standard InChI is InChI=1S/C23H33N2O3P/c1-24(2)19-12-10-18(11-13-19)23(26)29(27,28-21-8-6-5-7-9-21)22-16-14-20(15-17-22)25(3)4/h10-17,21,23,26H,5-9H2,1-4H3/t23-,29-/m0/s1. The van der Waals surface area contributed by atoms with Crippen molar-refractivity contribution in [1.82, 2.24) is 0 Å².